The second-order valence-electron chi connectivity index (χ2n) is 4.78. The Labute approximate surface area is 136 Å². The maximum atomic E-state index is 11.7. The molecule has 1 aromatic rings. The first-order valence-electron chi connectivity index (χ1n) is 6.55. The Morgan fingerprint density at radius 1 is 1.39 bits per heavy atom. The fraction of sp³-hybridized carbons (Fsp3) is 0.429. The van der Waals surface area contributed by atoms with E-state index in [4.69, 9.17) is 0 Å². The molecule has 8 nitrogen and oxygen atoms in total. The molecular weight excluding hydrogens is 326 g/mol. The third-order valence-corrected chi connectivity index (χ3v) is 4.08. The Kier molecular flexibility index (Phi) is 6.67. The number of ether oxygens (including phenoxy) is 1. The minimum atomic E-state index is -1.48. The number of methoxy groups -OCH3 is 1. The zero-order chi connectivity index (χ0) is 17.7. The van der Waals surface area contributed by atoms with Crippen molar-refractivity contribution >= 4 is 28.5 Å². The lowest BCUT2D eigenvalue weighted by Gasteiger charge is -2.18. The first kappa shape index (κ1) is 19.1. The van der Waals surface area contributed by atoms with E-state index < -0.39 is 23.1 Å². The highest BCUT2D eigenvalue weighted by Gasteiger charge is 2.26. The van der Waals surface area contributed by atoms with Crippen LogP contribution in [0.4, 0.5) is 5.69 Å². The number of carbonyl (C=O) groups excluding carboxylic acids is 2. The first-order chi connectivity index (χ1) is 10.7. The smallest absolute Gasteiger partial charge is 0.338 e. The van der Waals surface area contributed by atoms with E-state index in [2.05, 4.69) is 4.74 Å². The molecular formula is C14H17NO7S. The number of hydrogen-bond acceptors (Lipinski definition) is 8. The Morgan fingerprint density at radius 3 is 2.48 bits per heavy atom. The van der Waals surface area contributed by atoms with E-state index in [1.807, 2.05) is 0 Å². The van der Waals surface area contributed by atoms with E-state index in [1.54, 1.807) is 0 Å². The lowest BCUT2D eigenvalue weighted by molar-refractivity contribution is -0.385. The largest absolute Gasteiger partial charge is 0.465 e. The molecule has 126 valence electrons. The molecule has 0 aromatic heterocycles. The summed E-state index contributed by atoms with van der Waals surface area (Å²) in [5.41, 5.74) is -0.333. The molecule has 2 unspecified atom stereocenters. The molecule has 23 heavy (non-hydrogen) atoms. The third-order valence-electron chi connectivity index (χ3n) is 3.17. The lowest BCUT2D eigenvalue weighted by Crippen LogP contribution is -2.22. The summed E-state index contributed by atoms with van der Waals surface area (Å²) in [7, 11) is 1.13. The van der Waals surface area contributed by atoms with Gasteiger partial charge in [-0.15, -0.1) is 0 Å². The van der Waals surface area contributed by atoms with Crippen molar-refractivity contribution in [3.8, 4) is 0 Å². The molecule has 0 saturated carbocycles. The van der Waals surface area contributed by atoms with Crippen LogP contribution in [0.15, 0.2) is 12.1 Å². The molecule has 0 aliphatic rings. The van der Waals surface area contributed by atoms with E-state index >= 15 is 0 Å². The van der Waals surface area contributed by atoms with Gasteiger partial charge < -0.3 is 14.9 Å². The van der Waals surface area contributed by atoms with E-state index in [0.29, 0.717) is 0 Å². The molecule has 2 atom stereocenters. The van der Waals surface area contributed by atoms with Crippen LogP contribution in [0.5, 0.6) is 0 Å². The van der Waals surface area contributed by atoms with Gasteiger partial charge in [0.1, 0.15) is 6.10 Å². The van der Waals surface area contributed by atoms with Crippen LogP contribution in [0, 0.1) is 17.0 Å². The summed E-state index contributed by atoms with van der Waals surface area (Å²) >= 11 is 0.817. The molecule has 0 radical (unpaired) electrons. The molecule has 0 saturated heterocycles. The summed E-state index contributed by atoms with van der Waals surface area (Å²) < 4.78 is 4.57. The molecule has 0 heterocycles. The van der Waals surface area contributed by atoms with Gasteiger partial charge in [0.15, 0.2) is 5.12 Å². The summed E-state index contributed by atoms with van der Waals surface area (Å²) in [6.45, 7) is 2.71. The van der Waals surface area contributed by atoms with Crippen molar-refractivity contribution in [2.45, 2.75) is 26.1 Å². The molecule has 1 aromatic carbocycles. The number of benzene rings is 1. The van der Waals surface area contributed by atoms with Crippen LogP contribution in [0.1, 0.15) is 34.5 Å². The van der Waals surface area contributed by atoms with E-state index in [-0.39, 0.29) is 33.2 Å². The maximum Gasteiger partial charge on any atom is 0.338 e. The second kappa shape index (κ2) is 8.04. The number of thioether (sulfide) groups is 1. The average molecular weight is 343 g/mol. The van der Waals surface area contributed by atoms with Gasteiger partial charge in [-0.1, -0.05) is 11.8 Å². The fourth-order valence-corrected chi connectivity index (χ4v) is 2.51. The van der Waals surface area contributed by atoms with Crippen LogP contribution >= 0.6 is 11.8 Å². The number of nitro benzene ring substituents is 1. The van der Waals surface area contributed by atoms with Gasteiger partial charge in [-0.2, -0.15) is 0 Å². The number of nitro groups is 1. The molecule has 0 bridgehead atoms. The topological polar surface area (TPSA) is 127 Å². The highest BCUT2D eigenvalue weighted by atomic mass is 32.2. The molecule has 0 aliphatic heterocycles. The molecule has 9 heteroatoms. The Hall–Kier alpha value is -1.97. The van der Waals surface area contributed by atoms with Crippen molar-refractivity contribution in [3.63, 3.8) is 0 Å². The van der Waals surface area contributed by atoms with Gasteiger partial charge in [0, 0.05) is 24.3 Å². The number of hydrogen-bond donors (Lipinski definition) is 2. The third kappa shape index (κ3) is 4.75. The standard InChI is InChI=1S/C14H17NO7S/c1-7-10(14(19)22-3)4-9(5-11(7)15(20)21)13(18)12(17)6-23-8(2)16/h4-5,12-13,17-18H,6H2,1-3H3. The van der Waals surface area contributed by atoms with E-state index in [0.717, 1.165) is 24.9 Å². The Balaban J connectivity index is 3.24. The zero-order valence-electron chi connectivity index (χ0n) is 12.8. The van der Waals surface area contributed by atoms with Gasteiger partial charge in [-0.25, -0.2) is 4.79 Å². The quantitative estimate of drug-likeness (QED) is 0.450. The number of nitrogens with zero attached hydrogens (tertiary/aromatic N) is 1. The van der Waals surface area contributed by atoms with E-state index in [1.165, 1.54) is 19.9 Å². The average Bonchev–Trinajstić information content (AvgIpc) is 2.50. The van der Waals surface area contributed by atoms with Gasteiger partial charge in [0.05, 0.1) is 23.7 Å². The van der Waals surface area contributed by atoms with Crippen LogP contribution < -0.4 is 0 Å². The molecule has 1 rings (SSSR count). The zero-order valence-corrected chi connectivity index (χ0v) is 13.6. The van der Waals surface area contributed by atoms with Gasteiger partial charge in [-0.3, -0.25) is 14.9 Å². The molecule has 0 spiro atoms. The number of rotatable bonds is 6. The van der Waals surface area contributed by atoms with Gasteiger partial charge in [-0.05, 0) is 18.6 Å². The first-order valence-corrected chi connectivity index (χ1v) is 7.54. The number of aliphatic hydroxyl groups excluding tert-OH is 2. The molecule has 0 fully saturated rings. The minimum Gasteiger partial charge on any atom is -0.465 e. The van der Waals surface area contributed by atoms with Crippen LogP contribution in [0.25, 0.3) is 0 Å². The van der Waals surface area contributed by atoms with Crippen molar-refractivity contribution < 1.29 is 29.5 Å². The number of esters is 1. The number of aliphatic hydroxyl groups is 2. The maximum absolute atomic E-state index is 11.7. The highest BCUT2D eigenvalue weighted by Crippen LogP contribution is 2.29. The summed E-state index contributed by atoms with van der Waals surface area (Å²) in [5, 5.41) is 30.9. The fourth-order valence-electron chi connectivity index (χ4n) is 1.92. The summed E-state index contributed by atoms with van der Waals surface area (Å²) in [6.07, 6.45) is -2.80. The van der Waals surface area contributed by atoms with Crippen LogP contribution in [-0.4, -0.2) is 45.2 Å². The second-order valence-corrected chi connectivity index (χ2v) is 5.97. The van der Waals surface area contributed by atoms with Crippen molar-refractivity contribution in [1.82, 2.24) is 0 Å². The molecule has 0 aliphatic carbocycles. The minimum absolute atomic E-state index is 0.000600. The summed E-state index contributed by atoms with van der Waals surface area (Å²) in [4.78, 5) is 33.0. The molecule has 0 amide bonds. The van der Waals surface area contributed by atoms with Crippen molar-refractivity contribution in [2.24, 2.45) is 0 Å². The van der Waals surface area contributed by atoms with Gasteiger partial charge in [0.25, 0.3) is 5.69 Å². The predicted octanol–water partition coefficient (Wildman–Crippen LogP) is 1.36. The van der Waals surface area contributed by atoms with Crippen molar-refractivity contribution in [2.75, 3.05) is 12.9 Å². The molecule has 2 N–H and O–H groups in total. The van der Waals surface area contributed by atoms with Gasteiger partial charge in [0.2, 0.25) is 0 Å². The lowest BCUT2D eigenvalue weighted by atomic mass is 9.97. The van der Waals surface area contributed by atoms with Crippen molar-refractivity contribution in [1.29, 1.82) is 0 Å². The predicted molar refractivity (Wildman–Crippen MR) is 83.3 cm³/mol. The van der Waals surface area contributed by atoms with Crippen LogP contribution in [0.2, 0.25) is 0 Å². The normalized spacial score (nSPS) is 13.3. The summed E-state index contributed by atoms with van der Waals surface area (Å²) in [5.74, 6) is -0.863. The highest BCUT2D eigenvalue weighted by molar-refractivity contribution is 8.13. The van der Waals surface area contributed by atoms with Gasteiger partial charge >= 0.3 is 5.97 Å². The van der Waals surface area contributed by atoms with E-state index in [9.17, 15) is 29.9 Å². The van der Waals surface area contributed by atoms with Crippen LogP contribution in [-0.2, 0) is 9.53 Å². The van der Waals surface area contributed by atoms with Crippen molar-refractivity contribution in [3.05, 3.63) is 38.9 Å². The Morgan fingerprint density at radius 2 is 2.00 bits per heavy atom. The Bertz CT molecular complexity index is 632. The van der Waals surface area contributed by atoms with Crippen LogP contribution in [0.3, 0.4) is 0 Å². The summed E-state index contributed by atoms with van der Waals surface area (Å²) in [6, 6.07) is 2.33. The monoisotopic (exact) mass is 343 g/mol. The SMILES string of the molecule is COC(=O)c1cc(C(O)C(O)CSC(C)=O)cc([N+](=O)[O-])c1C. The number of carbonyl (C=O) groups is 2.